The van der Waals surface area contributed by atoms with Crippen molar-refractivity contribution in [1.82, 2.24) is 24.9 Å². The fraction of sp³-hybridized carbons (Fsp3) is 0.533. The first-order valence-corrected chi connectivity index (χ1v) is 7.75. The van der Waals surface area contributed by atoms with Crippen LogP contribution in [0.2, 0.25) is 0 Å². The van der Waals surface area contributed by atoms with Gasteiger partial charge in [-0.15, -0.1) is 0 Å². The number of nitrogens with zero attached hydrogens (tertiary/aromatic N) is 5. The van der Waals surface area contributed by atoms with Crippen molar-refractivity contribution in [3.63, 3.8) is 0 Å². The first kappa shape index (κ1) is 13.7. The first-order chi connectivity index (χ1) is 10.8. The summed E-state index contributed by atoms with van der Waals surface area (Å²) in [5.74, 6) is 1.96. The molecule has 0 radical (unpaired) electrons. The van der Waals surface area contributed by atoms with E-state index < -0.39 is 0 Å². The lowest BCUT2D eigenvalue weighted by Crippen LogP contribution is -2.62. The summed E-state index contributed by atoms with van der Waals surface area (Å²) in [7, 11) is 0. The number of aryl methyl sites for hydroxylation is 1. The zero-order valence-corrected chi connectivity index (χ0v) is 12.7. The van der Waals surface area contributed by atoms with Gasteiger partial charge < -0.3 is 9.84 Å². The molecule has 5 heterocycles. The van der Waals surface area contributed by atoms with E-state index >= 15 is 0 Å². The van der Waals surface area contributed by atoms with Gasteiger partial charge in [-0.05, 0) is 19.1 Å². The highest BCUT2D eigenvalue weighted by atomic mass is 16.5. The molecule has 1 N–H and O–H groups in total. The van der Waals surface area contributed by atoms with Gasteiger partial charge in [-0.1, -0.05) is 5.16 Å². The van der Waals surface area contributed by atoms with Crippen LogP contribution in [0.1, 0.15) is 5.82 Å². The number of anilines is 1. The number of rotatable bonds is 4. The van der Waals surface area contributed by atoms with Gasteiger partial charge in [0.05, 0.1) is 5.56 Å². The molecule has 2 aromatic heterocycles. The average Bonchev–Trinajstić information content (AvgIpc) is 3.01. The molecule has 2 aromatic rings. The fourth-order valence-corrected chi connectivity index (χ4v) is 3.26. The van der Waals surface area contributed by atoms with Crippen LogP contribution in [0.4, 0.5) is 5.82 Å². The second-order valence-electron chi connectivity index (χ2n) is 5.92. The van der Waals surface area contributed by atoms with E-state index in [0.29, 0.717) is 17.8 Å². The third-order valence-corrected chi connectivity index (χ3v) is 4.46. The number of piperazine rings is 3. The van der Waals surface area contributed by atoms with Crippen molar-refractivity contribution < 1.29 is 4.52 Å². The minimum absolute atomic E-state index is 0.516. The maximum absolute atomic E-state index is 5.27. The van der Waals surface area contributed by atoms with E-state index in [1.807, 2.05) is 19.1 Å². The molecular weight excluding hydrogens is 280 g/mol. The molecule has 3 fully saturated rings. The third kappa shape index (κ3) is 2.57. The summed E-state index contributed by atoms with van der Waals surface area (Å²) >= 11 is 0. The van der Waals surface area contributed by atoms with Gasteiger partial charge in [0.15, 0.2) is 5.82 Å². The maximum atomic E-state index is 5.27. The lowest BCUT2D eigenvalue weighted by molar-refractivity contribution is 0.0189. The van der Waals surface area contributed by atoms with Crippen molar-refractivity contribution in [2.45, 2.75) is 13.0 Å². The predicted octanol–water partition coefficient (Wildman–Crippen LogP) is 0.852. The van der Waals surface area contributed by atoms with Crippen LogP contribution in [-0.4, -0.2) is 70.2 Å². The topological polar surface area (TPSA) is 70.3 Å². The minimum atomic E-state index is 0.516. The summed E-state index contributed by atoms with van der Waals surface area (Å²) < 4.78 is 5.27. The quantitative estimate of drug-likeness (QED) is 0.897. The van der Waals surface area contributed by atoms with Gasteiger partial charge in [-0.2, -0.15) is 4.98 Å². The van der Waals surface area contributed by atoms with E-state index in [1.54, 1.807) is 6.20 Å². The van der Waals surface area contributed by atoms with Crippen LogP contribution in [0.25, 0.3) is 11.5 Å². The van der Waals surface area contributed by atoms with Gasteiger partial charge in [0.25, 0.3) is 5.89 Å². The summed E-state index contributed by atoms with van der Waals surface area (Å²) in [6, 6.07) is 4.39. The van der Waals surface area contributed by atoms with Crippen molar-refractivity contribution in [3.05, 3.63) is 24.2 Å². The maximum Gasteiger partial charge on any atom is 0.261 e. The summed E-state index contributed by atoms with van der Waals surface area (Å²) in [5.41, 5.74) is 0.861. The molecule has 1 atom stereocenters. The molecular formula is C15H20N6O. The minimum Gasteiger partial charge on any atom is -0.368 e. The molecule has 0 saturated carbocycles. The smallest absolute Gasteiger partial charge is 0.261 e. The molecule has 3 saturated heterocycles. The highest BCUT2D eigenvalue weighted by molar-refractivity contribution is 5.68. The molecule has 1 unspecified atom stereocenters. The largest absolute Gasteiger partial charge is 0.368 e. The van der Waals surface area contributed by atoms with Gasteiger partial charge in [-0.25, -0.2) is 4.98 Å². The van der Waals surface area contributed by atoms with Crippen LogP contribution in [-0.2, 0) is 0 Å². The Labute approximate surface area is 129 Å². The summed E-state index contributed by atoms with van der Waals surface area (Å²) in [5, 5.41) is 7.33. The molecule has 0 aliphatic carbocycles. The van der Waals surface area contributed by atoms with Gasteiger partial charge in [0.1, 0.15) is 5.82 Å². The summed E-state index contributed by atoms with van der Waals surface area (Å²) in [6.45, 7) is 8.58. The Hall–Kier alpha value is -1.99. The second kappa shape index (κ2) is 5.66. The van der Waals surface area contributed by atoms with E-state index in [0.717, 1.165) is 24.5 Å². The highest BCUT2D eigenvalue weighted by Crippen LogP contribution is 2.25. The van der Waals surface area contributed by atoms with E-state index in [9.17, 15) is 0 Å². The van der Waals surface area contributed by atoms with Crippen LogP contribution >= 0.6 is 0 Å². The molecule has 3 aliphatic rings. The van der Waals surface area contributed by atoms with Crippen LogP contribution < -0.4 is 5.32 Å². The number of hydrogen-bond donors (Lipinski definition) is 1. The Morgan fingerprint density at radius 3 is 2.86 bits per heavy atom. The molecule has 22 heavy (non-hydrogen) atoms. The lowest BCUT2D eigenvalue weighted by Gasteiger charge is -2.47. The Kier molecular flexibility index (Phi) is 3.51. The average molecular weight is 300 g/mol. The standard InChI is InChI=1S/C15H20N6O/c1-11-18-15(22-19-11)13-3-2-4-16-14(13)17-9-12-10-20-5-7-21(12)8-6-20/h2-4,12H,5-10H2,1H3,(H,16,17). The van der Waals surface area contributed by atoms with Crippen LogP contribution in [0.3, 0.4) is 0 Å². The molecule has 0 aromatic carbocycles. The summed E-state index contributed by atoms with van der Waals surface area (Å²) in [4.78, 5) is 13.8. The Bertz CT molecular complexity index is 649. The Balaban J connectivity index is 1.49. The molecule has 7 nitrogen and oxygen atoms in total. The molecule has 5 rings (SSSR count). The SMILES string of the molecule is Cc1noc(-c2cccnc2NCC2CN3CCN2CC3)n1. The number of aromatic nitrogens is 3. The zero-order valence-electron chi connectivity index (χ0n) is 12.7. The molecule has 2 bridgehead atoms. The van der Waals surface area contributed by atoms with E-state index in [-0.39, 0.29) is 0 Å². The Morgan fingerprint density at radius 1 is 1.32 bits per heavy atom. The van der Waals surface area contributed by atoms with Gasteiger partial charge in [0.2, 0.25) is 0 Å². The number of hydrogen-bond acceptors (Lipinski definition) is 7. The number of pyridine rings is 1. The molecule has 0 spiro atoms. The van der Waals surface area contributed by atoms with E-state index in [4.69, 9.17) is 4.52 Å². The van der Waals surface area contributed by atoms with Gasteiger partial charge in [-0.3, -0.25) is 9.80 Å². The van der Waals surface area contributed by atoms with Crippen molar-refractivity contribution in [2.75, 3.05) is 44.6 Å². The summed E-state index contributed by atoms with van der Waals surface area (Å²) in [6.07, 6.45) is 1.78. The van der Waals surface area contributed by atoms with Crippen molar-refractivity contribution in [1.29, 1.82) is 0 Å². The number of nitrogens with one attached hydrogen (secondary N) is 1. The van der Waals surface area contributed by atoms with Crippen LogP contribution in [0.5, 0.6) is 0 Å². The molecule has 116 valence electrons. The highest BCUT2D eigenvalue weighted by Gasteiger charge is 2.31. The number of fused-ring (bicyclic) bond motifs is 3. The normalized spacial score (nSPS) is 27.0. The molecule has 0 amide bonds. The molecule has 7 heteroatoms. The predicted molar refractivity (Wildman–Crippen MR) is 82.6 cm³/mol. The van der Waals surface area contributed by atoms with Gasteiger partial charge >= 0.3 is 0 Å². The van der Waals surface area contributed by atoms with Crippen molar-refractivity contribution in [2.24, 2.45) is 0 Å². The van der Waals surface area contributed by atoms with Crippen molar-refractivity contribution >= 4 is 5.82 Å². The van der Waals surface area contributed by atoms with E-state index in [1.165, 1.54) is 26.2 Å². The van der Waals surface area contributed by atoms with Crippen LogP contribution in [0, 0.1) is 6.92 Å². The first-order valence-electron chi connectivity index (χ1n) is 7.75. The Morgan fingerprint density at radius 2 is 2.18 bits per heavy atom. The second-order valence-corrected chi connectivity index (χ2v) is 5.92. The third-order valence-electron chi connectivity index (χ3n) is 4.46. The van der Waals surface area contributed by atoms with E-state index in [2.05, 4.69) is 30.2 Å². The zero-order chi connectivity index (χ0) is 14.9. The molecule has 3 aliphatic heterocycles. The lowest BCUT2D eigenvalue weighted by atomic mass is 10.1. The van der Waals surface area contributed by atoms with Crippen LogP contribution in [0.15, 0.2) is 22.9 Å². The monoisotopic (exact) mass is 300 g/mol. The fourth-order valence-electron chi connectivity index (χ4n) is 3.26. The van der Waals surface area contributed by atoms with Gasteiger partial charge in [0, 0.05) is 51.5 Å². The van der Waals surface area contributed by atoms with Crippen molar-refractivity contribution in [3.8, 4) is 11.5 Å².